The maximum atomic E-state index is 9.87. The Hall–Kier alpha value is -0.590. The zero-order valence-corrected chi connectivity index (χ0v) is 13.0. The molecule has 0 aliphatic heterocycles. The van der Waals surface area contributed by atoms with Gasteiger partial charge in [0.15, 0.2) is 5.16 Å². The summed E-state index contributed by atoms with van der Waals surface area (Å²) in [5, 5.41) is 22.6. The van der Waals surface area contributed by atoms with E-state index in [9.17, 15) is 5.11 Å². The number of hydrogen-bond acceptors (Lipinski definition) is 5. The molecule has 0 bridgehead atoms. The van der Waals surface area contributed by atoms with E-state index in [2.05, 4.69) is 29.4 Å². The van der Waals surface area contributed by atoms with Crippen molar-refractivity contribution in [2.45, 2.75) is 50.4 Å². The van der Waals surface area contributed by atoms with Crippen molar-refractivity contribution >= 4 is 11.8 Å². The van der Waals surface area contributed by atoms with E-state index in [1.165, 1.54) is 12.8 Å². The molecule has 1 atom stereocenters. The van der Waals surface area contributed by atoms with E-state index in [4.69, 9.17) is 0 Å². The van der Waals surface area contributed by atoms with Crippen LogP contribution in [0.3, 0.4) is 0 Å². The summed E-state index contributed by atoms with van der Waals surface area (Å²) in [7, 11) is 1.98. The Morgan fingerprint density at radius 3 is 2.58 bits per heavy atom. The third-order valence-corrected chi connectivity index (χ3v) is 5.00. The molecule has 0 radical (unpaired) electrons. The number of aliphatic hydroxyl groups is 1. The molecule has 0 spiro atoms. The van der Waals surface area contributed by atoms with Crippen molar-refractivity contribution in [3.63, 3.8) is 0 Å². The van der Waals surface area contributed by atoms with Crippen LogP contribution in [0, 0.1) is 12.8 Å². The SMILES string of the molecule is Cc1nnc(SCC(CO)(NC(C)C)C2CC2)n1C. The number of nitrogens with zero attached hydrogens (tertiary/aromatic N) is 3. The van der Waals surface area contributed by atoms with Crippen LogP contribution in [0.4, 0.5) is 0 Å². The summed E-state index contributed by atoms with van der Waals surface area (Å²) < 4.78 is 2.00. The first kappa shape index (κ1) is 14.8. The summed E-state index contributed by atoms with van der Waals surface area (Å²) in [5.74, 6) is 2.33. The molecule has 5 nitrogen and oxygen atoms in total. The van der Waals surface area contributed by atoms with Crippen molar-refractivity contribution in [1.29, 1.82) is 0 Å². The quantitative estimate of drug-likeness (QED) is 0.740. The fourth-order valence-corrected chi connectivity index (χ4v) is 3.64. The lowest BCUT2D eigenvalue weighted by molar-refractivity contribution is 0.150. The Labute approximate surface area is 119 Å². The van der Waals surface area contributed by atoms with E-state index in [1.807, 2.05) is 18.5 Å². The number of rotatable bonds is 7. The molecule has 2 rings (SSSR count). The predicted molar refractivity (Wildman–Crippen MR) is 77.3 cm³/mol. The van der Waals surface area contributed by atoms with Crippen LogP contribution < -0.4 is 5.32 Å². The van der Waals surface area contributed by atoms with Crippen LogP contribution in [0.2, 0.25) is 0 Å². The summed E-state index contributed by atoms with van der Waals surface area (Å²) in [4.78, 5) is 0. The maximum absolute atomic E-state index is 9.87. The minimum Gasteiger partial charge on any atom is -0.394 e. The smallest absolute Gasteiger partial charge is 0.191 e. The van der Waals surface area contributed by atoms with Gasteiger partial charge in [0.1, 0.15) is 5.82 Å². The van der Waals surface area contributed by atoms with Crippen molar-refractivity contribution in [2.75, 3.05) is 12.4 Å². The normalized spacial score (nSPS) is 18.8. The molecule has 0 amide bonds. The number of aryl methyl sites for hydroxylation is 1. The first-order valence-corrected chi connectivity index (χ1v) is 7.84. The molecule has 1 aromatic heterocycles. The fraction of sp³-hybridized carbons (Fsp3) is 0.846. The van der Waals surface area contributed by atoms with Gasteiger partial charge in [-0.2, -0.15) is 0 Å². The Balaban J connectivity index is 2.06. The van der Waals surface area contributed by atoms with Gasteiger partial charge in [-0.15, -0.1) is 10.2 Å². The molecule has 1 unspecified atom stereocenters. The largest absolute Gasteiger partial charge is 0.394 e. The minimum atomic E-state index is -0.182. The van der Waals surface area contributed by atoms with Crippen molar-refractivity contribution in [3.8, 4) is 0 Å². The second kappa shape index (κ2) is 5.81. The van der Waals surface area contributed by atoms with Crippen LogP contribution in [-0.4, -0.2) is 43.8 Å². The minimum absolute atomic E-state index is 0.180. The summed E-state index contributed by atoms with van der Waals surface area (Å²) in [6.45, 7) is 6.39. The fourth-order valence-electron chi connectivity index (χ4n) is 2.42. The number of hydrogen-bond donors (Lipinski definition) is 2. The number of nitrogens with one attached hydrogen (secondary N) is 1. The molecule has 0 aromatic carbocycles. The Morgan fingerprint density at radius 1 is 1.47 bits per heavy atom. The molecule has 19 heavy (non-hydrogen) atoms. The third-order valence-electron chi connectivity index (χ3n) is 3.73. The summed E-state index contributed by atoms with van der Waals surface area (Å²) >= 11 is 1.68. The average molecular weight is 284 g/mol. The Morgan fingerprint density at radius 2 is 2.16 bits per heavy atom. The van der Waals surface area contributed by atoms with Gasteiger partial charge < -0.3 is 15.0 Å². The highest BCUT2D eigenvalue weighted by Crippen LogP contribution is 2.42. The van der Waals surface area contributed by atoms with Crippen LogP contribution in [0.25, 0.3) is 0 Å². The number of thioether (sulfide) groups is 1. The van der Waals surface area contributed by atoms with E-state index < -0.39 is 0 Å². The highest BCUT2D eigenvalue weighted by Gasteiger charge is 2.45. The molecule has 1 heterocycles. The highest BCUT2D eigenvalue weighted by molar-refractivity contribution is 7.99. The highest BCUT2D eigenvalue weighted by atomic mass is 32.2. The van der Waals surface area contributed by atoms with Crippen LogP contribution in [-0.2, 0) is 7.05 Å². The lowest BCUT2D eigenvalue weighted by Gasteiger charge is -2.35. The van der Waals surface area contributed by atoms with Crippen LogP contribution >= 0.6 is 11.8 Å². The van der Waals surface area contributed by atoms with E-state index >= 15 is 0 Å². The van der Waals surface area contributed by atoms with Gasteiger partial charge in [-0.25, -0.2) is 0 Å². The van der Waals surface area contributed by atoms with Crippen molar-refractivity contribution in [3.05, 3.63) is 5.82 Å². The van der Waals surface area contributed by atoms with Gasteiger partial charge >= 0.3 is 0 Å². The molecule has 1 saturated carbocycles. The van der Waals surface area contributed by atoms with Gasteiger partial charge in [-0.1, -0.05) is 25.6 Å². The Bertz CT molecular complexity index is 430. The molecular formula is C13H24N4OS. The average Bonchev–Trinajstić information content (AvgIpc) is 3.16. The van der Waals surface area contributed by atoms with Gasteiger partial charge in [0.05, 0.1) is 12.1 Å². The second-order valence-corrected chi connectivity index (χ2v) is 6.71. The second-order valence-electron chi connectivity index (χ2n) is 5.77. The van der Waals surface area contributed by atoms with Crippen molar-refractivity contribution in [1.82, 2.24) is 20.1 Å². The number of aromatic nitrogens is 3. The molecule has 1 aromatic rings. The van der Waals surface area contributed by atoms with Gasteiger partial charge in [0, 0.05) is 18.8 Å². The lowest BCUT2D eigenvalue weighted by atomic mass is 9.95. The molecular weight excluding hydrogens is 260 g/mol. The van der Waals surface area contributed by atoms with Gasteiger partial charge in [0.25, 0.3) is 0 Å². The molecule has 1 aliphatic rings. The van der Waals surface area contributed by atoms with Crippen molar-refractivity contribution < 1.29 is 5.11 Å². The van der Waals surface area contributed by atoms with E-state index in [0.29, 0.717) is 12.0 Å². The first-order chi connectivity index (χ1) is 8.98. The molecule has 6 heteroatoms. The molecule has 1 aliphatic carbocycles. The van der Waals surface area contributed by atoms with Crippen LogP contribution in [0.15, 0.2) is 5.16 Å². The summed E-state index contributed by atoms with van der Waals surface area (Å²) in [6, 6.07) is 0.370. The van der Waals surface area contributed by atoms with Gasteiger partial charge in [0.2, 0.25) is 0 Å². The topological polar surface area (TPSA) is 63.0 Å². The molecule has 1 fully saturated rings. The summed E-state index contributed by atoms with van der Waals surface area (Å²) in [5.41, 5.74) is -0.182. The van der Waals surface area contributed by atoms with E-state index in [-0.39, 0.29) is 12.1 Å². The predicted octanol–water partition coefficient (Wildman–Crippen LogP) is 1.35. The van der Waals surface area contributed by atoms with Crippen molar-refractivity contribution in [2.24, 2.45) is 13.0 Å². The van der Waals surface area contributed by atoms with E-state index in [0.717, 1.165) is 16.7 Å². The van der Waals surface area contributed by atoms with Gasteiger partial charge in [-0.3, -0.25) is 0 Å². The first-order valence-electron chi connectivity index (χ1n) is 6.86. The Kier molecular flexibility index (Phi) is 4.53. The van der Waals surface area contributed by atoms with Crippen LogP contribution in [0.5, 0.6) is 0 Å². The van der Waals surface area contributed by atoms with E-state index in [1.54, 1.807) is 11.8 Å². The standard InChI is InChI=1S/C13H24N4OS/c1-9(2)14-13(7-18,11-5-6-11)8-19-12-16-15-10(3)17(12)4/h9,11,14,18H,5-8H2,1-4H3. The lowest BCUT2D eigenvalue weighted by Crippen LogP contribution is -2.55. The van der Waals surface area contributed by atoms with Gasteiger partial charge in [-0.05, 0) is 25.7 Å². The number of aliphatic hydroxyl groups excluding tert-OH is 1. The summed E-state index contributed by atoms with van der Waals surface area (Å²) in [6.07, 6.45) is 2.41. The molecule has 0 saturated heterocycles. The maximum Gasteiger partial charge on any atom is 0.191 e. The monoisotopic (exact) mass is 284 g/mol. The molecule has 108 valence electrons. The zero-order valence-electron chi connectivity index (χ0n) is 12.2. The zero-order chi connectivity index (χ0) is 14.0. The third kappa shape index (κ3) is 3.30. The molecule has 2 N–H and O–H groups in total. The van der Waals surface area contributed by atoms with Crippen LogP contribution in [0.1, 0.15) is 32.5 Å².